The lowest BCUT2D eigenvalue weighted by Gasteiger charge is -2.22. The molecule has 0 amide bonds. The van der Waals surface area contributed by atoms with Crippen molar-refractivity contribution in [3.8, 4) is 0 Å². The maximum absolute atomic E-state index is 6.02. The molecule has 2 nitrogen and oxygen atoms in total. The molecule has 0 bridgehead atoms. The molecule has 0 aliphatic carbocycles. The van der Waals surface area contributed by atoms with Gasteiger partial charge in [-0.15, -0.1) is 0 Å². The first-order valence-electron chi connectivity index (χ1n) is 6.08. The van der Waals surface area contributed by atoms with Crippen LogP contribution < -0.4 is 11.1 Å². The number of thiocarbonyl (C=S) groups is 1. The summed E-state index contributed by atoms with van der Waals surface area (Å²) in [5.41, 5.74) is 7.55. The molecular formula is C13H17ClN2S2. The van der Waals surface area contributed by atoms with Crippen molar-refractivity contribution < 1.29 is 0 Å². The zero-order valence-corrected chi connectivity index (χ0v) is 12.5. The predicted octanol–water partition coefficient (Wildman–Crippen LogP) is 3.53. The molecule has 1 aliphatic heterocycles. The van der Waals surface area contributed by atoms with E-state index in [1.54, 1.807) is 0 Å². The molecule has 98 valence electrons. The van der Waals surface area contributed by atoms with E-state index in [1.807, 2.05) is 30.0 Å². The van der Waals surface area contributed by atoms with Crippen LogP contribution in [0.15, 0.2) is 18.2 Å². The Balaban J connectivity index is 2.03. The van der Waals surface area contributed by atoms with Crippen LogP contribution in [0.25, 0.3) is 0 Å². The summed E-state index contributed by atoms with van der Waals surface area (Å²) >= 11 is 13.1. The molecule has 0 radical (unpaired) electrons. The minimum atomic E-state index is 0.411. The van der Waals surface area contributed by atoms with E-state index >= 15 is 0 Å². The Morgan fingerprint density at radius 2 is 2.17 bits per heavy atom. The Kier molecular flexibility index (Phi) is 5.15. The third kappa shape index (κ3) is 3.77. The molecule has 5 heteroatoms. The molecule has 1 heterocycles. The number of halogens is 1. The molecule has 0 unspecified atom stereocenters. The van der Waals surface area contributed by atoms with E-state index in [0.29, 0.717) is 10.0 Å². The summed E-state index contributed by atoms with van der Waals surface area (Å²) in [5, 5.41) is 4.15. The zero-order valence-electron chi connectivity index (χ0n) is 10.1. The van der Waals surface area contributed by atoms with Crippen LogP contribution in [0.1, 0.15) is 18.4 Å². The van der Waals surface area contributed by atoms with E-state index in [4.69, 9.17) is 29.6 Å². The highest BCUT2D eigenvalue weighted by Gasteiger charge is 2.14. The molecule has 0 saturated carbocycles. The lowest BCUT2D eigenvalue weighted by atomic mass is 10.0. The van der Waals surface area contributed by atoms with Crippen molar-refractivity contribution in [2.24, 2.45) is 11.7 Å². The van der Waals surface area contributed by atoms with Crippen molar-refractivity contribution in [1.29, 1.82) is 0 Å². The van der Waals surface area contributed by atoms with Crippen LogP contribution in [0, 0.1) is 5.92 Å². The van der Waals surface area contributed by atoms with E-state index in [1.165, 1.54) is 24.3 Å². The summed E-state index contributed by atoms with van der Waals surface area (Å²) in [4.78, 5) is 0.411. The fourth-order valence-electron chi connectivity index (χ4n) is 2.08. The van der Waals surface area contributed by atoms with Crippen LogP contribution in [0.2, 0.25) is 5.02 Å². The topological polar surface area (TPSA) is 38.0 Å². The Bertz CT molecular complexity index is 431. The molecule has 1 saturated heterocycles. The van der Waals surface area contributed by atoms with Crippen LogP contribution in [0.3, 0.4) is 0 Å². The van der Waals surface area contributed by atoms with Crippen molar-refractivity contribution >= 4 is 46.3 Å². The van der Waals surface area contributed by atoms with Gasteiger partial charge in [0.15, 0.2) is 0 Å². The minimum Gasteiger partial charge on any atom is -0.389 e. The second kappa shape index (κ2) is 6.64. The smallest absolute Gasteiger partial charge is 0.106 e. The Labute approximate surface area is 123 Å². The maximum atomic E-state index is 6.02. The first-order chi connectivity index (χ1) is 8.66. The summed E-state index contributed by atoms with van der Waals surface area (Å²) in [5.74, 6) is 3.28. The second-order valence-electron chi connectivity index (χ2n) is 4.49. The zero-order chi connectivity index (χ0) is 13.0. The highest BCUT2D eigenvalue weighted by molar-refractivity contribution is 7.99. The van der Waals surface area contributed by atoms with E-state index in [2.05, 4.69) is 5.32 Å². The summed E-state index contributed by atoms with van der Waals surface area (Å²) in [6.07, 6.45) is 2.56. The standard InChI is InChI=1S/C13H17ClN2S2/c14-10-1-2-11(13(15)17)12(7-10)16-8-9-3-5-18-6-4-9/h1-2,7,9,16H,3-6,8H2,(H2,15,17). The van der Waals surface area contributed by atoms with E-state index < -0.39 is 0 Å². The average Bonchev–Trinajstić information content (AvgIpc) is 2.37. The van der Waals surface area contributed by atoms with Gasteiger partial charge in [-0.3, -0.25) is 0 Å². The molecule has 18 heavy (non-hydrogen) atoms. The van der Waals surface area contributed by atoms with Crippen molar-refractivity contribution in [3.05, 3.63) is 28.8 Å². The number of rotatable bonds is 4. The molecule has 1 aliphatic rings. The van der Waals surface area contributed by atoms with Crippen LogP contribution in [-0.2, 0) is 0 Å². The molecule has 3 N–H and O–H groups in total. The Morgan fingerprint density at radius 3 is 2.83 bits per heavy atom. The molecule has 1 fully saturated rings. The number of benzene rings is 1. The summed E-state index contributed by atoms with van der Waals surface area (Å²) < 4.78 is 0. The molecule has 0 aromatic heterocycles. The predicted molar refractivity (Wildman–Crippen MR) is 85.9 cm³/mol. The third-order valence-electron chi connectivity index (χ3n) is 3.17. The molecule has 0 atom stereocenters. The van der Waals surface area contributed by atoms with E-state index in [9.17, 15) is 0 Å². The van der Waals surface area contributed by atoms with Gasteiger partial charge in [0.1, 0.15) is 4.99 Å². The Morgan fingerprint density at radius 1 is 1.44 bits per heavy atom. The van der Waals surface area contributed by atoms with Gasteiger partial charge in [-0.25, -0.2) is 0 Å². The van der Waals surface area contributed by atoms with Gasteiger partial charge in [0.25, 0.3) is 0 Å². The normalized spacial score (nSPS) is 16.5. The van der Waals surface area contributed by atoms with Crippen LogP contribution in [-0.4, -0.2) is 23.0 Å². The fraction of sp³-hybridized carbons (Fsp3) is 0.462. The molecule has 2 rings (SSSR count). The first-order valence-corrected chi connectivity index (χ1v) is 8.02. The summed E-state index contributed by atoms with van der Waals surface area (Å²) in [6.45, 7) is 0.969. The second-order valence-corrected chi connectivity index (χ2v) is 6.59. The fourth-order valence-corrected chi connectivity index (χ4v) is 3.64. The average molecular weight is 301 g/mol. The lowest BCUT2D eigenvalue weighted by Crippen LogP contribution is -2.21. The SMILES string of the molecule is NC(=S)c1ccc(Cl)cc1NCC1CCSCC1. The number of nitrogens with one attached hydrogen (secondary N) is 1. The third-order valence-corrected chi connectivity index (χ3v) is 4.67. The van der Waals surface area contributed by atoms with Crippen LogP contribution >= 0.6 is 35.6 Å². The van der Waals surface area contributed by atoms with E-state index in [0.717, 1.165) is 23.7 Å². The van der Waals surface area contributed by atoms with Gasteiger partial charge in [-0.05, 0) is 48.5 Å². The van der Waals surface area contributed by atoms with E-state index in [-0.39, 0.29) is 0 Å². The molecule has 1 aromatic rings. The minimum absolute atomic E-state index is 0.411. The van der Waals surface area contributed by atoms with Crippen molar-refractivity contribution in [2.75, 3.05) is 23.4 Å². The highest BCUT2D eigenvalue weighted by Crippen LogP contribution is 2.25. The largest absolute Gasteiger partial charge is 0.389 e. The summed E-state index contributed by atoms with van der Waals surface area (Å²) in [6, 6.07) is 5.59. The number of anilines is 1. The Hall–Kier alpha value is -0.450. The van der Waals surface area contributed by atoms with Gasteiger partial charge in [0.2, 0.25) is 0 Å². The summed E-state index contributed by atoms with van der Waals surface area (Å²) in [7, 11) is 0. The first kappa shape index (κ1) is 14.0. The number of hydrogen-bond donors (Lipinski definition) is 2. The number of hydrogen-bond acceptors (Lipinski definition) is 3. The monoisotopic (exact) mass is 300 g/mol. The van der Waals surface area contributed by atoms with Gasteiger partial charge in [0, 0.05) is 22.8 Å². The molecular weight excluding hydrogens is 284 g/mol. The number of thioether (sulfide) groups is 1. The molecule has 1 aromatic carbocycles. The van der Waals surface area contributed by atoms with Gasteiger partial charge < -0.3 is 11.1 Å². The van der Waals surface area contributed by atoms with Gasteiger partial charge in [-0.1, -0.05) is 23.8 Å². The van der Waals surface area contributed by atoms with Crippen molar-refractivity contribution in [1.82, 2.24) is 0 Å². The maximum Gasteiger partial charge on any atom is 0.106 e. The van der Waals surface area contributed by atoms with Crippen molar-refractivity contribution in [2.45, 2.75) is 12.8 Å². The van der Waals surface area contributed by atoms with Crippen LogP contribution in [0.4, 0.5) is 5.69 Å². The van der Waals surface area contributed by atoms with Crippen molar-refractivity contribution in [3.63, 3.8) is 0 Å². The number of nitrogens with two attached hydrogens (primary N) is 1. The quantitative estimate of drug-likeness (QED) is 0.834. The van der Waals surface area contributed by atoms with Crippen LogP contribution in [0.5, 0.6) is 0 Å². The molecule has 0 spiro atoms. The van der Waals surface area contributed by atoms with Gasteiger partial charge in [-0.2, -0.15) is 11.8 Å². The van der Waals surface area contributed by atoms with Gasteiger partial charge >= 0.3 is 0 Å². The highest BCUT2D eigenvalue weighted by atomic mass is 35.5. The lowest BCUT2D eigenvalue weighted by molar-refractivity contribution is 0.516. The van der Waals surface area contributed by atoms with Gasteiger partial charge in [0.05, 0.1) is 0 Å².